The van der Waals surface area contributed by atoms with Crippen LogP contribution in [0.2, 0.25) is 0 Å². The summed E-state index contributed by atoms with van der Waals surface area (Å²) in [7, 11) is 4.00. The van der Waals surface area contributed by atoms with Crippen molar-refractivity contribution < 1.29 is 13.2 Å². The Morgan fingerprint density at radius 1 is 0.875 bits per heavy atom. The summed E-state index contributed by atoms with van der Waals surface area (Å²) in [6.45, 7) is 5.00. The third-order valence-corrected chi connectivity index (χ3v) is 2.81. The van der Waals surface area contributed by atoms with Crippen LogP contribution in [0.1, 0.15) is 37.0 Å². The van der Waals surface area contributed by atoms with Gasteiger partial charge in [-0.25, -0.2) is 0 Å². The Labute approximate surface area is 143 Å². The standard InChI is InChI=1S/C15H14F3N.C3H8.CHB/c16-15(17,18)14-9-5-4-8-13(14)11-19-10-12-6-2-1-3-7-12;1-3-2;1-2/h1-9,19H,10-11H2;3H2,1-2H3;1H. The van der Waals surface area contributed by atoms with Crippen molar-refractivity contribution in [3.8, 4) is 6.31 Å². The first-order valence-corrected chi connectivity index (χ1v) is 7.72. The van der Waals surface area contributed by atoms with Crippen molar-refractivity contribution in [1.29, 1.82) is 0 Å². The molecule has 128 valence electrons. The van der Waals surface area contributed by atoms with Gasteiger partial charge in [-0.15, -0.1) is 0 Å². The van der Waals surface area contributed by atoms with E-state index in [1.165, 1.54) is 18.6 Å². The molecule has 1 nitrogen and oxygen atoms in total. The minimum atomic E-state index is -4.30. The van der Waals surface area contributed by atoms with Crippen LogP contribution in [0.3, 0.4) is 0 Å². The molecule has 2 aromatic rings. The van der Waals surface area contributed by atoms with Gasteiger partial charge in [0, 0.05) is 13.1 Å². The van der Waals surface area contributed by atoms with Gasteiger partial charge >= 0.3 is 19.8 Å². The maximum Gasteiger partial charge on any atom is 0.416 e. The van der Waals surface area contributed by atoms with Crippen LogP contribution in [0.15, 0.2) is 54.6 Å². The van der Waals surface area contributed by atoms with Crippen molar-refractivity contribution in [2.75, 3.05) is 0 Å². The Kier molecular flexibility index (Phi) is 11.4. The second-order valence-corrected chi connectivity index (χ2v) is 4.95. The van der Waals surface area contributed by atoms with Crippen molar-refractivity contribution in [2.45, 2.75) is 39.5 Å². The third-order valence-electron chi connectivity index (χ3n) is 2.81. The number of halogens is 3. The van der Waals surface area contributed by atoms with Gasteiger partial charge in [0.25, 0.3) is 0 Å². The Morgan fingerprint density at radius 3 is 1.92 bits per heavy atom. The summed E-state index contributed by atoms with van der Waals surface area (Å²) >= 11 is 0. The Bertz CT molecular complexity index is 580. The van der Waals surface area contributed by atoms with Gasteiger partial charge in [-0.2, -0.15) is 13.2 Å². The number of hydrogen-bond acceptors (Lipinski definition) is 1. The molecule has 0 bridgehead atoms. The number of hydrogen-bond donors (Lipinski definition) is 1. The summed E-state index contributed by atoms with van der Waals surface area (Å²) in [4.78, 5) is 0. The molecule has 0 amide bonds. The van der Waals surface area contributed by atoms with E-state index < -0.39 is 11.7 Å². The van der Waals surface area contributed by atoms with Crippen LogP contribution in [0.5, 0.6) is 0 Å². The zero-order valence-electron chi connectivity index (χ0n) is 14.1. The Balaban J connectivity index is 0.000000952. The SMILES string of the molecule is B#C.CCC.FC(F)(F)c1ccccc1CNCc1ccccc1. The molecule has 2 aromatic carbocycles. The predicted octanol–water partition coefficient (Wildman–Crippen LogP) is 5.16. The van der Waals surface area contributed by atoms with Crippen molar-refractivity contribution in [1.82, 2.24) is 5.32 Å². The van der Waals surface area contributed by atoms with Gasteiger partial charge in [-0.05, 0) is 17.2 Å². The first kappa shape index (κ1) is 22.0. The molecular formula is C19H23BF3N. The van der Waals surface area contributed by atoms with Crippen LogP contribution in [0, 0.1) is 6.31 Å². The van der Waals surface area contributed by atoms with Crippen molar-refractivity contribution in [3.63, 3.8) is 0 Å². The third kappa shape index (κ3) is 8.61. The van der Waals surface area contributed by atoms with Gasteiger partial charge in [-0.3, -0.25) is 0 Å². The molecule has 0 fully saturated rings. The number of benzene rings is 2. The quantitative estimate of drug-likeness (QED) is 0.763. The van der Waals surface area contributed by atoms with Gasteiger partial charge in [-0.1, -0.05) is 68.8 Å². The molecule has 0 unspecified atom stereocenters. The topological polar surface area (TPSA) is 12.0 Å². The van der Waals surface area contributed by atoms with Crippen molar-refractivity contribution in [2.24, 2.45) is 0 Å². The van der Waals surface area contributed by atoms with Crippen LogP contribution >= 0.6 is 0 Å². The summed E-state index contributed by atoms with van der Waals surface area (Å²) in [5.74, 6) is 0. The summed E-state index contributed by atoms with van der Waals surface area (Å²) in [5, 5.41) is 3.03. The fraction of sp³-hybridized carbons (Fsp3) is 0.316. The molecule has 0 saturated carbocycles. The van der Waals surface area contributed by atoms with E-state index in [0.29, 0.717) is 6.54 Å². The minimum Gasteiger partial charge on any atom is -0.309 e. The van der Waals surface area contributed by atoms with Crippen LogP contribution in [-0.2, 0) is 19.3 Å². The fourth-order valence-electron chi connectivity index (χ4n) is 1.89. The summed E-state index contributed by atoms with van der Waals surface area (Å²) < 4.78 is 38.3. The van der Waals surface area contributed by atoms with E-state index in [1.54, 1.807) is 6.07 Å². The van der Waals surface area contributed by atoms with E-state index in [2.05, 4.69) is 32.8 Å². The summed E-state index contributed by atoms with van der Waals surface area (Å²) in [6.07, 6.45) is 0.949. The van der Waals surface area contributed by atoms with E-state index in [4.69, 9.17) is 0 Å². The van der Waals surface area contributed by atoms with Gasteiger partial charge in [0.1, 0.15) is 0 Å². The molecule has 0 aliphatic heterocycles. The normalized spacial score (nSPS) is 10.1. The zero-order chi connectivity index (χ0) is 18.4. The van der Waals surface area contributed by atoms with E-state index >= 15 is 0 Å². The number of rotatable bonds is 4. The second-order valence-electron chi connectivity index (χ2n) is 4.95. The second kappa shape index (κ2) is 12.5. The molecule has 2 rings (SSSR count). The molecule has 1 N–H and O–H groups in total. The Morgan fingerprint density at radius 2 is 1.38 bits per heavy atom. The van der Waals surface area contributed by atoms with Crippen LogP contribution in [0.4, 0.5) is 13.2 Å². The minimum absolute atomic E-state index is 0.199. The zero-order valence-corrected chi connectivity index (χ0v) is 14.1. The monoisotopic (exact) mass is 333 g/mol. The van der Waals surface area contributed by atoms with E-state index in [-0.39, 0.29) is 12.1 Å². The molecule has 0 spiro atoms. The van der Waals surface area contributed by atoms with Crippen molar-refractivity contribution >= 4 is 7.33 Å². The molecule has 0 aliphatic rings. The molecule has 0 saturated heterocycles. The maximum absolute atomic E-state index is 12.8. The maximum atomic E-state index is 12.8. The first-order valence-electron chi connectivity index (χ1n) is 7.72. The molecule has 0 aromatic heterocycles. The molecule has 0 heterocycles. The van der Waals surface area contributed by atoms with E-state index in [1.807, 2.05) is 30.3 Å². The molecule has 0 aliphatic carbocycles. The predicted molar refractivity (Wildman–Crippen MR) is 95.1 cm³/mol. The van der Waals surface area contributed by atoms with Crippen molar-refractivity contribution in [3.05, 3.63) is 71.3 Å². The van der Waals surface area contributed by atoms with Crippen LogP contribution in [0.25, 0.3) is 0 Å². The van der Waals surface area contributed by atoms with Crippen LogP contribution in [-0.4, -0.2) is 7.33 Å². The fourth-order valence-corrected chi connectivity index (χ4v) is 1.89. The van der Waals surface area contributed by atoms with Gasteiger partial charge in [0.05, 0.1) is 5.56 Å². The number of nitrogens with one attached hydrogen (secondary N) is 1. The average molecular weight is 333 g/mol. The Hall–Kier alpha value is -1.97. The molecule has 0 atom stereocenters. The molecule has 0 radical (unpaired) electrons. The molecule has 5 heteroatoms. The summed E-state index contributed by atoms with van der Waals surface area (Å²) in [5.41, 5.74) is 0.744. The smallest absolute Gasteiger partial charge is 0.309 e. The largest absolute Gasteiger partial charge is 0.416 e. The van der Waals surface area contributed by atoms with Gasteiger partial charge in [0.2, 0.25) is 0 Å². The van der Waals surface area contributed by atoms with E-state index in [0.717, 1.165) is 11.6 Å². The van der Waals surface area contributed by atoms with Gasteiger partial charge < -0.3 is 5.32 Å². The van der Waals surface area contributed by atoms with Crippen LogP contribution < -0.4 is 5.32 Å². The van der Waals surface area contributed by atoms with Gasteiger partial charge in [0.15, 0.2) is 0 Å². The average Bonchev–Trinajstić information content (AvgIpc) is 2.58. The molecule has 24 heavy (non-hydrogen) atoms. The first-order chi connectivity index (χ1) is 11.5. The summed E-state index contributed by atoms with van der Waals surface area (Å²) in [6, 6.07) is 15.2. The number of alkyl halides is 3. The van der Waals surface area contributed by atoms with E-state index in [9.17, 15) is 13.2 Å². The molecular weight excluding hydrogens is 310 g/mol.